The number of ether oxygens (including phenoxy) is 1. The molecule has 1 aromatic rings. The number of sulfonamides is 1. The van der Waals surface area contributed by atoms with Gasteiger partial charge < -0.3 is 9.84 Å². The summed E-state index contributed by atoms with van der Waals surface area (Å²) in [6, 6.07) is 6.21. The minimum absolute atomic E-state index is 0.0680. The molecule has 0 heterocycles. The highest BCUT2D eigenvalue weighted by Crippen LogP contribution is 2.14. The summed E-state index contributed by atoms with van der Waals surface area (Å²) < 4.78 is 28.8. The number of aliphatic hydroxyl groups excluding tert-OH is 1. The minimum atomic E-state index is -3.90. The molecule has 11 heteroatoms. The van der Waals surface area contributed by atoms with Gasteiger partial charge >= 0.3 is 5.97 Å². The van der Waals surface area contributed by atoms with Crippen LogP contribution in [-0.2, 0) is 35.7 Å². The minimum Gasteiger partial charge on any atom is -0.503 e. The van der Waals surface area contributed by atoms with E-state index in [4.69, 9.17) is 9.57 Å². The normalized spacial score (nSPS) is 12.2. The lowest BCUT2D eigenvalue weighted by Gasteiger charge is -2.20. The maximum Gasteiger partial charge on any atom is 0.338 e. The van der Waals surface area contributed by atoms with Gasteiger partial charge in [0.05, 0.1) is 31.5 Å². The molecule has 0 fully saturated rings. The smallest absolute Gasteiger partial charge is 0.338 e. The van der Waals surface area contributed by atoms with Gasteiger partial charge in [-0.05, 0) is 38.5 Å². The Morgan fingerprint density at radius 1 is 1.17 bits per heavy atom. The van der Waals surface area contributed by atoms with Crippen molar-refractivity contribution in [3.05, 3.63) is 47.2 Å². The molecule has 2 N–H and O–H groups in total. The summed E-state index contributed by atoms with van der Waals surface area (Å²) in [4.78, 5) is 40.6. The second-order valence-corrected chi connectivity index (χ2v) is 8.74. The molecule has 0 saturated carbocycles. The van der Waals surface area contributed by atoms with Crippen molar-refractivity contribution in [2.75, 3.05) is 13.4 Å². The van der Waals surface area contributed by atoms with Crippen molar-refractivity contribution >= 4 is 27.8 Å². The fourth-order valence-corrected chi connectivity index (χ4v) is 2.40. The van der Waals surface area contributed by atoms with Crippen molar-refractivity contribution < 1.29 is 37.5 Å². The number of nitrogens with one attached hydrogen (secondary N) is 1. The fraction of sp³-hybridized carbons (Fsp3) is 0.389. The molecule has 0 aliphatic carbocycles. The predicted octanol–water partition coefficient (Wildman–Crippen LogP) is 1.05. The van der Waals surface area contributed by atoms with E-state index in [9.17, 15) is 27.9 Å². The monoisotopic (exact) mass is 428 g/mol. The van der Waals surface area contributed by atoms with Gasteiger partial charge in [0.25, 0.3) is 11.8 Å². The van der Waals surface area contributed by atoms with Gasteiger partial charge in [0, 0.05) is 0 Å². The van der Waals surface area contributed by atoms with Gasteiger partial charge in [-0.25, -0.2) is 23.0 Å². The first kappa shape index (κ1) is 24.1. The van der Waals surface area contributed by atoms with E-state index >= 15 is 0 Å². The van der Waals surface area contributed by atoms with Gasteiger partial charge in [-0.1, -0.05) is 12.1 Å². The van der Waals surface area contributed by atoms with E-state index in [1.807, 2.05) is 0 Å². The fourth-order valence-electron chi connectivity index (χ4n) is 1.96. The standard InChI is InChI=1S/C18H24N2O8S/c1-18(2,3)28-17(24)13-8-6-12(7-9-13)11-20(27-4)15(22)10-14(21)16(23)19-29(5,25)26/h6-10,21H,11H2,1-5H3,(H,19,23)/b14-10+. The molecule has 0 saturated heterocycles. The van der Waals surface area contributed by atoms with Crippen molar-refractivity contribution in [3.63, 3.8) is 0 Å². The Hall–Kier alpha value is -2.92. The van der Waals surface area contributed by atoms with Gasteiger partial charge in [0.15, 0.2) is 5.76 Å². The van der Waals surface area contributed by atoms with Crippen molar-refractivity contribution in [2.24, 2.45) is 0 Å². The highest BCUT2D eigenvalue weighted by molar-refractivity contribution is 7.89. The first-order chi connectivity index (χ1) is 13.2. The Morgan fingerprint density at radius 3 is 2.17 bits per heavy atom. The Balaban J connectivity index is 2.84. The first-order valence-electron chi connectivity index (χ1n) is 8.32. The topological polar surface area (TPSA) is 139 Å². The van der Waals surface area contributed by atoms with Crippen LogP contribution in [-0.4, -0.2) is 55.3 Å². The summed E-state index contributed by atoms with van der Waals surface area (Å²) >= 11 is 0. The number of hydrogen-bond acceptors (Lipinski definition) is 8. The summed E-state index contributed by atoms with van der Waals surface area (Å²) in [6.07, 6.45) is 1.25. The summed E-state index contributed by atoms with van der Waals surface area (Å²) in [6.45, 7) is 5.18. The van der Waals surface area contributed by atoms with Gasteiger partial charge in [-0.3, -0.25) is 14.4 Å². The SMILES string of the molecule is CON(Cc1ccc(C(=O)OC(C)(C)C)cc1)C(=O)/C=C(/O)C(=O)NS(C)(=O)=O. The number of rotatable bonds is 7. The molecule has 0 aromatic heterocycles. The van der Waals surface area contributed by atoms with Gasteiger partial charge in [0.2, 0.25) is 10.0 Å². The highest BCUT2D eigenvalue weighted by atomic mass is 32.2. The predicted molar refractivity (Wildman–Crippen MR) is 103 cm³/mol. The quantitative estimate of drug-likeness (QED) is 0.284. The zero-order chi connectivity index (χ0) is 22.4. The second kappa shape index (κ2) is 9.52. The van der Waals surface area contributed by atoms with Crippen molar-refractivity contribution in [2.45, 2.75) is 32.9 Å². The molecule has 2 amide bonds. The molecular weight excluding hydrogens is 404 g/mol. The van der Waals surface area contributed by atoms with Crippen LogP contribution in [0.1, 0.15) is 36.7 Å². The molecule has 0 bridgehead atoms. The third-order valence-corrected chi connectivity index (χ3v) is 3.71. The molecule has 0 unspecified atom stereocenters. The largest absolute Gasteiger partial charge is 0.503 e. The average molecular weight is 428 g/mol. The Morgan fingerprint density at radius 2 is 1.72 bits per heavy atom. The first-order valence-corrected chi connectivity index (χ1v) is 10.2. The summed E-state index contributed by atoms with van der Waals surface area (Å²) in [5.74, 6) is -3.83. The summed E-state index contributed by atoms with van der Waals surface area (Å²) in [5, 5.41) is 10.4. The van der Waals surface area contributed by atoms with Crippen LogP contribution in [0.4, 0.5) is 0 Å². The van der Waals surface area contributed by atoms with Gasteiger partial charge in [-0.15, -0.1) is 0 Å². The molecule has 1 aromatic carbocycles. The highest BCUT2D eigenvalue weighted by Gasteiger charge is 2.20. The van der Waals surface area contributed by atoms with Crippen LogP contribution in [0, 0.1) is 0 Å². The zero-order valence-corrected chi connectivity index (χ0v) is 17.6. The molecule has 0 aliphatic heterocycles. The third kappa shape index (κ3) is 8.75. The lowest BCUT2D eigenvalue weighted by atomic mass is 10.1. The number of amides is 2. The Labute approximate surface area is 169 Å². The number of nitrogens with zero attached hydrogens (tertiary/aromatic N) is 1. The maximum absolute atomic E-state index is 12.2. The number of esters is 1. The average Bonchev–Trinajstić information content (AvgIpc) is 2.56. The van der Waals surface area contributed by atoms with Crippen LogP contribution >= 0.6 is 0 Å². The zero-order valence-electron chi connectivity index (χ0n) is 16.8. The van der Waals surface area contributed by atoms with E-state index in [-0.39, 0.29) is 6.54 Å². The van der Waals surface area contributed by atoms with Crippen LogP contribution in [0.25, 0.3) is 0 Å². The molecule has 0 spiro atoms. The molecule has 0 atom stereocenters. The van der Waals surface area contributed by atoms with E-state index in [1.54, 1.807) is 32.9 Å². The van der Waals surface area contributed by atoms with E-state index in [2.05, 4.69) is 0 Å². The maximum atomic E-state index is 12.2. The van der Waals surface area contributed by atoms with Crippen LogP contribution in [0.2, 0.25) is 0 Å². The van der Waals surface area contributed by atoms with E-state index in [1.165, 1.54) is 24.0 Å². The van der Waals surface area contributed by atoms with E-state index < -0.39 is 39.2 Å². The molecule has 0 radical (unpaired) electrons. The lowest BCUT2D eigenvalue weighted by molar-refractivity contribution is -0.173. The van der Waals surface area contributed by atoms with Crippen molar-refractivity contribution in [3.8, 4) is 0 Å². The molecule has 10 nitrogen and oxygen atoms in total. The number of aliphatic hydroxyl groups is 1. The number of hydrogen-bond donors (Lipinski definition) is 2. The summed E-state index contributed by atoms with van der Waals surface area (Å²) in [7, 11) is -2.69. The number of carbonyl (C=O) groups excluding carboxylic acids is 3. The number of carbonyl (C=O) groups is 3. The molecule has 1 rings (SSSR count). The third-order valence-electron chi connectivity index (χ3n) is 3.15. The molecule has 0 aliphatic rings. The number of benzene rings is 1. The molecule has 29 heavy (non-hydrogen) atoms. The Bertz CT molecular complexity index is 899. The van der Waals surface area contributed by atoms with Crippen molar-refractivity contribution in [1.29, 1.82) is 0 Å². The van der Waals surface area contributed by atoms with Crippen LogP contribution in [0.5, 0.6) is 0 Å². The van der Waals surface area contributed by atoms with Crippen LogP contribution in [0.3, 0.4) is 0 Å². The molecule has 160 valence electrons. The number of hydroxylamine groups is 2. The second-order valence-electron chi connectivity index (χ2n) is 6.99. The van der Waals surface area contributed by atoms with E-state index in [0.717, 1.165) is 11.3 Å². The van der Waals surface area contributed by atoms with E-state index in [0.29, 0.717) is 17.2 Å². The Kier molecular flexibility index (Phi) is 7.92. The van der Waals surface area contributed by atoms with Crippen LogP contribution < -0.4 is 4.72 Å². The van der Waals surface area contributed by atoms with Crippen LogP contribution in [0.15, 0.2) is 36.1 Å². The lowest BCUT2D eigenvalue weighted by Crippen LogP contribution is -2.32. The summed E-state index contributed by atoms with van der Waals surface area (Å²) in [5.41, 5.74) is 0.280. The van der Waals surface area contributed by atoms with Gasteiger partial charge in [-0.2, -0.15) is 0 Å². The van der Waals surface area contributed by atoms with Gasteiger partial charge in [0.1, 0.15) is 5.60 Å². The molecular formula is C18H24N2O8S. The van der Waals surface area contributed by atoms with Crippen molar-refractivity contribution in [1.82, 2.24) is 9.79 Å².